The number of carbonyl (C=O) groups excluding carboxylic acids is 1. The molecule has 0 fully saturated rings. The van der Waals surface area contributed by atoms with E-state index in [1.807, 2.05) is 29.2 Å². The summed E-state index contributed by atoms with van der Waals surface area (Å²) < 4.78 is 0.957. The molecule has 0 amide bonds. The fourth-order valence-electron chi connectivity index (χ4n) is 4.06. The Morgan fingerprint density at radius 1 is 1.36 bits per heavy atom. The van der Waals surface area contributed by atoms with E-state index in [1.165, 1.54) is 11.3 Å². The molecular weight excluding hydrogens is 436 g/mol. The van der Waals surface area contributed by atoms with Gasteiger partial charge in [0.25, 0.3) is 0 Å². The van der Waals surface area contributed by atoms with Crippen LogP contribution in [0.4, 0.5) is 5.69 Å². The van der Waals surface area contributed by atoms with Gasteiger partial charge in [-0.15, -0.1) is 11.3 Å². The highest BCUT2D eigenvalue weighted by Gasteiger charge is 2.45. The van der Waals surface area contributed by atoms with E-state index < -0.39 is 5.92 Å². The second-order valence-electron chi connectivity index (χ2n) is 7.83. The molecule has 1 aliphatic carbocycles. The Morgan fingerprint density at radius 2 is 2.14 bits per heavy atom. The van der Waals surface area contributed by atoms with Gasteiger partial charge < -0.3 is 5.73 Å². The van der Waals surface area contributed by atoms with Gasteiger partial charge in [-0.3, -0.25) is 14.7 Å². The van der Waals surface area contributed by atoms with Crippen molar-refractivity contribution >= 4 is 38.7 Å². The molecule has 0 radical (unpaired) electrons. The molecule has 7 heteroatoms. The number of halogens is 1. The van der Waals surface area contributed by atoms with Crippen LogP contribution >= 0.6 is 27.3 Å². The van der Waals surface area contributed by atoms with Crippen molar-refractivity contribution in [2.45, 2.75) is 32.6 Å². The average molecular weight is 455 g/mol. The van der Waals surface area contributed by atoms with Gasteiger partial charge in [0.05, 0.1) is 33.2 Å². The summed E-state index contributed by atoms with van der Waals surface area (Å²) in [6, 6.07) is 9.91. The Kier molecular flexibility index (Phi) is 4.64. The number of rotatable bonds is 2. The number of nitriles is 1. The molecule has 2 aromatic rings. The lowest BCUT2D eigenvalue weighted by atomic mass is 9.69. The van der Waals surface area contributed by atoms with Gasteiger partial charge in [-0.05, 0) is 52.0 Å². The number of ketones is 1. The van der Waals surface area contributed by atoms with Crippen molar-refractivity contribution in [3.05, 3.63) is 68.0 Å². The number of Topliss-reactive ketones (excluding diaryl/α,β-unsaturated/α-hetero) is 1. The van der Waals surface area contributed by atoms with Crippen LogP contribution in [0.25, 0.3) is 0 Å². The Balaban J connectivity index is 2.00. The van der Waals surface area contributed by atoms with Crippen LogP contribution in [-0.4, -0.2) is 10.8 Å². The normalized spacial score (nSPS) is 21.6. The van der Waals surface area contributed by atoms with Crippen molar-refractivity contribution in [2.24, 2.45) is 11.1 Å². The largest absolute Gasteiger partial charge is 0.384 e. The summed E-state index contributed by atoms with van der Waals surface area (Å²) in [6.45, 7) is 4.18. The van der Waals surface area contributed by atoms with Gasteiger partial charge in [0.15, 0.2) is 5.78 Å². The Bertz CT molecular complexity index is 1060. The first-order valence-corrected chi connectivity index (χ1v) is 10.5. The summed E-state index contributed by atoms with van der Waals surface area (Å²) in [7, 11) is 0. The zero-order chi connectivity index (χ0) is 20.1. The minimum atomic E-state index is -0.423. The van der Waals surface area contributed by atoms with Gasteiger partial charge in [0.2, 0.25) is 0 Å². The SMILES string of the molecule is CC1(C)CC(=O)C2=C(C1)N(c1cccnc1)C(N)=C(C#N)C2c1ccc(Br)s1. The smallest absolute Gasteiger partial charge is 0.162 e. The zero-order valence-electron chi connectivity index (χ0n) is 15.6. The van der Waals surface area contributed by atoms with Crippen molar-refractivity contribution in [3.8, 4) is 6.07 Å². The first-order chi connectivity index (χ1) is 13.3. The molecule has 2 aromatic heterocycles. The first kappa shape index (κ1) is 18.9. The molecule has 0 spiro atoms. The molecule has 0 bridgehead atoms. The molecule has 1 unspecified atom stereocenters. The molecule has 3 heterocycles. The second-order valence-corrected chi connectivity index (χ2v) is 10.3. The highest BCUT2D eigenvalue weighted by Crippen LogP contribution is 2.51. The number of thiophene rings is 1. The summed E-state index contributed by atoms with van der Waals surface area (Å²) in [6.07, 6.45) is 4.55. The number of anilines is 1. The van der Waals surface area contributed by atoms with Crippen LogP contribution in [0.5, 0.6) is 0 Å². The fraction of sp³-hybridized carbons (Fsp3) is 0.286. The minimum absolute atomic E-state index is 0.0786. The molecule has 5 nitrogen and oxygen atoms in total. The molecule has 1 atom stereocenters. The van der Waals surface area contributed by atoms with Gasteiger partial charge in [0.1, 0.15) is 5.82 Å². The van der Waals surface area contributed by atoms with Crippen molar-refractivity contribution in [1.82, 2.24) is 4.98 Å². The van der Waals surface area contributed by atoms with E-state index in [9.17, 15) is 10.1 Å². The molecule has 1 aliphatic heterocycles. The van der Waals surface area contributed by atoms with E-state index in [1.54, 1.807) is 12.4 Å². The summed E-state index contributed by atoms with van der Waals surface area (Å²) in [4.78, 5) is 20.3. The number of pyridine rings is 1. The predicted octanol–water partition coefficient (Wildman–Crippen LogP) is 4.85. The Labute approximate surface area is 176 Å². The lowest BCUT2D eigenvalue weighted by Crippen LogP contribution is -2.42. The molecular formula is C21H19BrN4OS. The van der Waals surface area contributed by atoms with Crippen LogP contribution in [0.2, 0.25) is 0 Å². The van der Waals surface area contributed by atoms with E-state index in [2.05, 4.69) is 40.8 Å². The number of aromatic nitrogens is 1. The van der Waals surface area contributed by atoms with Crippen LogP contribution in [0.3, 0.4) is 0 Å². The number of nitrogens with zero attached hydrogens (tertiary/aromatic N) is 3. The van der Waals surface area contributed by atoms with E-state index in [0.29, 0.717) is 29.8 Å². The van der Waals surface area contributed by atoms with E-state index >= 15 is 0 Å². The maximum absolute atomic E-state index is 13.3. The molecule has 2 N–H and O–H groups in total. The lowest BCUT2D eigenvalue weighted by molar-refractivity contribution is -0.118. The van der Waals surface area contributed by atoms with Gasteiger partial charge in [-0.1, -0.05) is 13.8 Å². The van der Waals surface area contributed by atoms with Gasteiger partial charge >= 0.3 is 0 Å². The van der Waals surface area contributed by atoms with Crippen LogP contribution in [0.15, 0.2) is 63.1 Å². The quantitative estimate of drug-likeness (QED) is 0.700. The topological polar surface area (TPSA) is 83.0 Å². The van der Waals surface area contributed by atoms with E-state index in [-0.39, 0.29) is 11.2 Å². The second kappa shape index (κ2) is 6.87. The Hall–Kier alpha value is -2.43. The number of hydrogen-bond acceptors (Lipinski definition) is 6. The molecule has 2 aliphatic rings. The number of allylic oxidation sites excluding steroid dienone is 3. The summed E-state index contributed by atoms with van der Waals surface area (Å²) in [5.41, 5.74) is 9.09. The van der Waals surface area contributed by atoms with Crippen molar-refractivity contribution in [1.29, 1.82) is 5.26 Å². The van der Waals surface area contributed by atoms with Gasteiger partial charge in [-0.25, -0.2) is 0 Å². The predicted molar refractivity (Wildman–Crippen MR) is 113 cm³/mol. The van der Waals surface area contributed by atoms with E-state index in [0.717, 1.165) is 20.0 Å². The van der Waals surface area contributed by atoms with Crippen LogP contribution < -0.4 is 10.6 Å². The van der Waals surface area contributed by atoms with Gasteiger partial charge in [0, 0.05) is 28.8 Å². The third-order valence-corrected chi connectivity index (χ3v) is 6.85. The van der Waals surface area contributed by atoms with Crippen molar-refractivity contribution in [3.63, 3.8) is 0 Å². The molecule has 142 valence electrons. The Morgan fingerprint density at radius 3 is 2.75 bits per heavy atom. The molecule has 28 heavy (non-hydrogen) atoms. The highest BCUT2D eigenvalue weighted by atomic mass is 79.9. The first-order valence-electron chi connectivity index (χ1n) is 8.94. The van der Waals surface area contributed by atoms with Crippen molar-refractivity contribution in [2.75, 3.05) is 4.90 Å². The third kappa shape index (κ3) is 3.07. The summed E-state index contributed by atoms with van der Waals surface area (Å²) in [5.74, 6) is 0.0250. The van der Waals surface area contributed by atoms with Crippen LogP contribution in [0.1, 0.15) is 37.5 Å². The van der Waals surface area contributed by atoms with Crippen LogP contribution in [-0.2, 0) is 4.79 Å². The fourth-order valence-corrected chi connectivity index (χ4v) is 5.60. The standard InChI is InChI=1S/C21H19BrN4OS/c1-21(2)8-14-19(15(27)9-21)18(16-5-6-17(22)28-16)13(10-23)20(24)26(14)12-4-3-7-25-11-12/h3-7,11,18H,8-9,24H2,1-2H3. The lowest BCUT2D eigenvalue weighted by Gasteiger charge is -2.43. The monoisotopic (exact) mass is 454 g/mol. The maximum Gasteiger partial charge on any atom is 0.162 e. The highest BCUT2D eigenvalue weighted by molar-refractivity contribution is 9.11. The summed E-state index contributed by atoms with van der Waals surface area (Å²) in [5, 5.41) is 9.97. The number of hydrogen-bond donors (Lipinski definition) is 1. The van der Waals surface area contributed by atoms with Gasteiger partial charge in [-0.2, -0.15) is 5.26 Å². The molecule has 0 saturated heterocycles. The van der Waals surface area contributed by atoms with Crippen LogP contribution in [0, 0.1) is 16.7 Å². The molecule has 4 rings (SSSR count). The number of carbonyl (C=O) groups is 1. The van der Waals surface area contributed by atoms with Crippen molar-refractivity contribution < 1.29 is 4.79 Å². The summed E-state index contributed by atoms with van der Waals surface area (Å²) >= 11 is 5.02. The molecule has 0 aromatic carbocycles. The zero-order valence-corrected chi connectivity index (χ0v) is 18.0. The average Bonchev–Trinajstić information content (AvgIpc) is 3.06. The molecule has 0 saturated carbocycles. The number of nitrogens with two attached hydrogens (primary N) is 1. The maximum atomic E-state index is 13.3. The minimum Gasteiger partial charge on any atom is -0.384 e. The third-order valence-electron chi connectivity index (χ3n) is 5.16. The van der Waals surface area contributed by atoms with E-state index in [4.69, 9.17) is 5.73 Å².